The summed E-state index contributed by atoms with van der Waals surface area (Å²) in [6.07, 6.45) is 9.17. The van der Waals surface area contributed by atoms with E-state index in [2.05, 4.69) is 26.7 Å². The lowest BCUT2D eigenvalue weighted by Crippen LogP contribution is -2.56. The number of hydrogen-bond acceptors (Lipinski definition) is 3. The molecule has 0 saturated heterocycles. The van der Waals surface area contributed by atoms with Crippen molar-refractivity contribution in [3.63, 3.8) is 0 Å². The average molecular weight is 385 g/mol. The van der Waals surface area contributed by atoms with Crippen molar-refractivity contribution in [2.45, 2.75) is 77.9 Å². The van der Waals surface area contributed by atoms with Crippen molar-refractivity contribution in [2.75, 3.05) is 6.54 Å². The molecule has 6 heteroatoms. The van der Waals surface area contributed by atoms with Crippen LogP contribution in [-0.4, -0.2) is 38.9 Å². The summed E-state index contributed by atoms with van der Waals surface area (Å²) in [5.41, 5.74) is 0.343. The molecule has 1 aromatic heterocycles. The van der Waals surface area contributed by atoms with E-state index in [0.29, 0.717) is 11.6 Å². The number of fused-ring (bicyclic) bond motifs is 1. The van der Waals surface area contributed by atoms with E-state index in [9.17, 15) is 9.59 Å². The SMILES string of the molecule is CC(C)NC(=O)c1cn2c(n1)[C@@H](C)N(C(=O)C13CC4CC(CC(C4)C1)C3)CC2. The number of hydrogen-bond donors (Lipinski definition) is 1. The smallest absolute Gasteiger partial charge is 0.271 e. The maximum absolute atomic E-state index is 13.8. The molecule has 1 aromatic rings. The Bertz CT molecular complexity index is 776. The maximum atomic E-state index is 13.8. The van der Waals surface area contributed by atoms with Gasteiger partial charge < -0.3 is 14.8 Å². The van der Waals surface area contributed by atoms with Crippen LogP contribution >= 0.6 is 0 Å². The molecule has 4 saturated carbocycles. The van der Waals surface area contributed by atoms with Crippen LogP contribution in [0, 0.1) is 23.2 Å². The number of amides is 2. The Hall–Kier alpha value is -1.85. The molecule has 6 nitrogen and oxygen atoms in total. The first-order valence-electron chi connectivity index (χ1n) is 11.0. The second-order valence-corrected chi connectivity index (χ2v) is 10.2. The minimum atomic E-state index is -0.136. The van der Waals surface area contributed by atoms with Gasteiger partial charge in [-0.25, -0.2) is 4.98 Å². The molecule has 1 atom stereocenters. The lowest BCUT2D eigenvalue weighted by atomic mass is 9.49. The summed E-state index contributed by atoms with van der Waals surface area (Å²) in [6, 6.07) is 0.00710. The van der Waals surface area contributed by atoms with Crippen LogP contribution < -0.4 is 5.32 Å². The van der Waals surface area contributed by atoms with E-state index in [-0.39, 0.29) is 23.4 Å². The number of aromatic nitrogens is 2. The van der Waals surface area contributed by atoms with Gasteiger partial charge in [0.15, 0.2) is 0 Å². The fraction of sp³-hybridized carbons (Fsp3) is 0.773. The summed E-state index contributed by atoms with van der Waals surface area (Å²) in [7, 11) is 0. The standard InChI is InChI=1S/C22H32N4O2/c1-13(2)23-20(27)18-12-25-4-5-26(14(3)19(25)24-18)21(28)22-9-15-6-16(10-22)8-17(7-15)11-22/h12-17H,4-11H2,1-3H3,(H,23,27)/t14-,15?,16?,17?,22?/m1/s1. The van der Waals surface area contributed by atoms with Crippen LogP contribution in [0.25, 0.3) is 0 Å². The molecular weight excluding hydrogens is 352 g/mol. The van der Waals surface area contributed by atoms with Crippen LogP contribution in [0.2, 0.25) is 0 Å². The van der Waals surface area contributed by atoms with Crippen molar-refractivity contribution in [3.8, 4) is 0 Å². The first-order chi connectivity index (χ1) is 13.3. The zero-order chi connectivity index (χ0) is 19.6. The first kappa shape index (κ1) is 18.2. The molecule has 4 fully saturated rings. The fourth-order valence-corrected chi connectivity index (χ4v) is 6.89. The van der Waals surface area contributed by atoms with Crippen molar-refractivity contribution in [1.29, 1.82) is 0 Å². The summed E-state index contributed by atoms with van der Waals surface area (Å²) in [6.45, 7) is 7.40. The molecule has 152 valence electrons. The molecule has 1 aliphatic heterocycles. The Morgan fingerprint density at radius 1 is 1.11 bits per heavy atom. The summed E-state index contributed by atoms with van der Waals surface area (Å²) in [5, 5.41) is 2.91. The van der Waals surface area contributed by atoms with Gasteiger partial charge >= 0.3 is 0 Å². The van der Waals surface area contributed by atoms with Gasteiger partial charge in [0.1, 0.15) is 11.5 Å². The van der Waals surface area contributed by atoms with Gasteiger partial charge in [-0.05, 0) is 77.0 Å². The fourth-order valence-electron chi connectivity index (χ4n) is 6.89. The van der Waals surface area contributed by atoms with Crippen LogP contribution in [-0.2, 0) is 11.3 Å². The van der Waals surface area contributed by atoms with E-state index in [1.807, 2.05) is 20.0 Å². The van der Waals surface area contributed by atoms with Gasteiger partial charge in [-0.1, -0.05) is 0 Å². The van der Waals surface area contributed by atoms with Crippen LogP contribution in [0.15, 0.2) is 6.20 Å². The van der Waals surface area contributed by atoms with Gasteiger partial charge in [-0.2, -0.15) is 0 Å². The highest BCUT2D eigenvalue weighted by Gasteiger charge is 2.56. The third-order valence-electron chi connectivity index (χ3n) is 7.64. The Morgan fingerprint density at radius 2 is 1.71 bits per heavy atom. The van der Waals surface area contributed by atoms with Crippen LogP contribution in [0.4, 0.5) is 0 Å². The summed E-state index contributed by atoms with van der Waals surface area (Å²) < 4.78 is 2.06. The van der Waals surface area contributed by atoms with Crippen LogP contribution in [0.1, 0.15) is 81.7 Å². The minimum absolute atomic E-state index is 0.0742. The molecule has 28 heavy (non-hydrogen) atoms. The van der Waals surface area contributed by atoms with Crippen LogP contribution in [0.5, 0.6) is 0 Å². The number of nitrogens with one attached hydrogen (secondary N) is 1. The predicted octanol–water partition coefficient (Wildman–Crippen LogP) is 3.14. The van der Waals surface area contributed by atoms with E-state index in [1.54, 1.807) is 0 Å². The van der Waals surface area contributed by atoms with E-state index < -0.39 is 0 Å². The lowest BCUT2D eigenvalue weighted by Gasteiger charge is -2.57. The highest BCUT2D eigenvalue weighted by Crippen LogP contribution is 2.61. The molecule has 2 amide bonds. The number of nitrogens with zero attached hydrogens (tertiary/aromatic N) is 3. The largest absolute Gasteiger partial charge is 0.348 e. The topological polar surface area (TPSA) is 67.2 Å². The number of carbonyl (C=O) groups is 2. The predicted molar refractivity (Wildman–Crippen MR) is 106 cm³/mol. The van der Waals surface area contributed by atoms with Gasteiger partial charge in [0.05, 0.1) is 11.5 Å². The summed E-state index contributed by atoms with van der Waals surface area (Å²) >= 11 is 0. The third-order valence-corrected chi connectivity index (χ3v) is 7.64. The highest BCUT2D eigenvalue weighted by molar-refractivity contribution is 5.92. The van der Waals surface area contributed by atoms with Crippen molar-refractivity contribution in [3.05, 3.63) is 17.7 Å². The van der Waals surface area contributed by atoms with Crippen molar-refractivity contribution in [1.82, 2.24) is 19.8 Å². The average Bonchev–Trinajstić information content (AvgIpc) is 3.05. The molecular formula is C22H32N4O2. The Morgan fingerprint density at radius 3 is 2.29 bits per heavy atom. The maximum Gasteiger partial charge on any atom is 0.271 e. The van der Waals surface area contributed by atoms with E-state index in [4.69, 9.17) is 0 Å². The van der Waals surface area contributed by atoms with Crippen molar-refractivity contribution in [2.24, 2.45) is 23.2 Å². The normalized spacial score (nSPS) is 35.9. The molecule has 6 rings (SSSR count). The molecule has 0 radical (unpaired) electrons. The lowest BCUT2D eigenvalue weighted by molar-refractivity contribution is -0.161. The monoisotopic (exact) mass is 384 g/mol. The molecule has 0 spiro atoms. The minimum Gasteiger partial charge on any atom is -0.348 e. The van der Waals surface area contributed by atoms with Gasteiger partial charge in [0.25, 0.3) is 5.91 Å². The second kappa shape index (κ2) is 6.33. The Kier molecular flexibility index (Phi) is 4.11. The Labute approximate surface area is 167 Å². The quantitative estimate of drug-likeness (QED) is 0.871. The molecule has 5 aliphatic rings. The first-order valence-corrected chi connectivity index (χ1v) is 11.0. The van der Waals surface area contributed by atoms with Gasteiger partial charge in [0.2, 0.25) is 5.91 Å². The van der Waals surface area contributed by atoms with Crippen molar-refractivity contribution < 1.29 is 9.59 Å². The zero-order valence-electron chi connectivity index (χ0n) is 17.3. The molecule has 0 unspecified atom stereocenters. The second-order valence-electron chi connectivity index (χ2n) is 10.2. The number of rotatable bonds is 3. The molecule has 1 N–H and O–H groups in total. The summed E-state index contributed by atoms with van der Waals surface area (Å²) in [4.78, 5) is 32.8. The molecule has 2 heterocycles. The summed E-state index contributed by atoms with van der Waals surface area (Å²) in [5.74, 6) is 3.37. The van der Waals surface area contributed by atoms with Crippen molar-refractivity contribution >= 4 is 11.8 Å². The zero-order valence-corrected chi connectivity index (χ0v) is 17.3. The molecule has 0 aromatic carbocycles. The van der Waals surface area contributed by atoms with E-state index in [0.717, 1.165) is 55.9 Å². The molecule has 4 aliphatic carbocycles. The highest BCUT2D eigenvalue weighted by atomic mass is 16.2. The number of imidazole rings is 1. The van der Waals surface area contributed by atoms with Gasteiger partial charge in [-0.15, -0.1) is 0 Å². The third kappa shape index (κ3) is 2.79. The van der Waals surface area contributed by atoms with Crippen LogP contribution in [0.3, 0.4) is 0 Å². The van der Waals surface area contributed by atoms with E-state index >= 15 is 0 Å². The number of carbonyl (C=O) groups excluding carboxylic acids is 2. The molecule has 4 bridgehead atoms. The Balaban J connectivity index is 1.38. The van der Waals surface area contributed by atoms with Gasteiger partial charge in [0, 0.05) is 25.3 Å². The van der Waals surface area contributed by atoms with E-state index in [1.165, 1.54) is 19.3 Å². The van der Waals surface area contributed by atoms with Gasteiger partial charge in [-0.3, -0.25) is 9.59 Å².